The van der Waals surface area contributed by atoms with Crippen molar-refractivity contribution in [1.29, 1.82) is 0 Å². The number of nitrogens with zero attached hydrogens (tertiary/aromatic N) is 4. The molecule has 1 unspecified atom stereocenters. The summed E-state index contributed by atoms with van der Waals surface area (Å²) >= 11 is 0. The fourth-order valence-corrected chi connectivity index (χ4v) is 4.31. The number of aromatic nitrogens is 4. The summed E-state index contributed by atoms with van der Waals surface area (Å²) < 4.78 is 2.30. The van der Waals surface area contributed by atoms with Gasteiger partial charge in [-0.2, -0.15) is 0 Å². The zero-order valence-electron chi connectivity index (χ0n) is 14.4. The maximum atomic E-state index is 4.91. The smallest absolute Gasteiger partial charge is 0.165 e. The second kappa shape index (κ2) is 6.14. The minimum Gasteiger partial charge on any atom is -0.361 e. The molecule has 0 spiro atoms. The van der Waals surface area contributed by atoms with Crippen LogP contribution >= 0.6 is 0 Å². The number of aryl methyl sites for hydroxylation is 3. The summed E-state index contributed by atoms with van der Waals surface area (Å²) in [6.07, 6.45) is 9.95. The van der Waals surface area contributed by atoms with Crippen LogP contribution in [0.2, 0.25) is 0 Å². The van der Waals surface area contributed by atoms with Crippen LogP contribution in [0.25, 0.3) is 11.2 Å². The number of imidazole rings is 1. The molecule has 0 bridgehead atoms. The van der Waals surface area contributed by atoms with Crippen molar-refractivity contribution in [2.45, 2.75) is 57.5 Å². The van der Waals surface area contributed by atoms with Gasteiger partial charge in [0, 0.05) is 13.0 Å². The Hall–Kier alpha value is -2.43. The van der Waals surface area contributed by atoms with E-state index < -0.39 is 0 Å². The molecule has 1 atom stereocenters. The molecule has 0 saturated heterocycles. The zero-order valence-corrected chi connectivity index (χ0v) is 14.4. The Labute approximate surface area is 147 Å². The zero-order chi connectivity index (χ0) is 16.6. The van der Waals surface area contributed by atoms with Gasteiger partial charge in [0.15, 0.2) is 17.0 Å². The Balaban J connectivity index is 1.54. The molecule has 2 aliphatic rings. The normalized spacial score (nSPS) is 19.9. The topological polar surface area (TPSA) is 55.6 Å². The number of anilines is 1. The summed E-state index contributed by atoms with van der Waals surface area (Å²) in [6.45, 7) is 1.02. The van der Waals surface area contributed by atoms with Gasteiger partial charge >= 0.3 is 0 Å². The van der Waals surface area contributed by atoms with Crippen LogP contribution in [-0.4, -0.2) is 19.5 Å². The van der Waals surface area contributed by atoms with Crippen molar-refractivity contribution in [2.24, 2.45) is 0 Å². The van der Waals surface area contributed by atoms with Crippen molar-refractivity contribution in [3.63, 3.8) is 0 Å². The summed E-state index contributed by atoms with van der Waals surface area (Å²) in [5.41, 5.74) is 4.78. The molecular formula is C20H23N5. The predicted molar refractivity (Wildman–Crippen MR) is 98.6 cm³/mol. The second-order valence-electron chi connectivity index (χ2n) is 7.17. The molecule has 0 radical (unpaired) electrons. The van der Waals surface area contributed by atoms with Crippen LogP contribution in [0, 0.1) is 0 Å². The molecule has 2 aromatic heterocycles. The van der Waals surface area contributed by atoms with E-state index in [4.69, 9.17) is 4.98 Å². The number of rotatable bonds is 2. The van der Waals surface area contributed by atoms with E-state index in [0.29, 0.717) is 6.04 Å². The lowest BCUT2D eigenvalue weighted by atomic mass is 9.88. The van der Waals surface area contributed by atoms with Gasteiger partial charge in [-0.1, -0.05) is 30.7 Å². The molecule has 1 aromatic carbocycles. The number of nitrogens with one attached hydrogen (secondary N) is 1. The Morgan fingerprint density at radius 3 is 2.96 bits per heavy atom. The molecule has 5 heteroatoms. The van der Waals surface area contributed by atoms with E-state index in [1.807, 2.05) is 0 Å². The SMILES string of the molecule is c1ccc2c(c1)CCCC2Nc1ncnc2c1nc1n2CCCCC1. The van der Waals surface area contributed by atoms with Crippen LogP contribution in [0.5, 0.6) is 0 Å². The van der Waals surface area contributed by atoms with Crippen molar-refractivity contribution in [3.05, 3.63) is 47.5 Å². The summed E-state index contributed by atoms with van der Waals surface area (Å²) in [7, 11) is 0. The van der Waals surface area contributed by atoms with Crippen LogP contribution in [0.3, 0.4) is 0 Å². The van der Waals surface area contributed by atoms with Crippen LogP contribution in [0.4, 0.5) is 5.82 Å². The van der Waals surface area contributed by atoms with Gasteiger partial charge in [-0.3, -0.25) is 0 Å². The third-order valence-electron chi connectivity index (χ3n) is 5.57. The molecule has 5 nitrogen and oxygen atoms in total. The molecule has 3 aromatic rings. The summed E-state index contributed by atoms with van der Waals surface area (Å²) in [5, 5.41) is 3.68. The van der Waals surface area contributed by atoms with E-state index in [9.17, 15) is 0 Å². The van der Waals surface area contributed by atoms with Gasteiger partial charge in [0.05, 0.1) is 6.04 Å². The van der Waals surface area contributed by atoms with Gasteiger partial charge < -0.3 is 9.88 Å². The molecule has 5 rings (SSSR count). The van der Waals surface area contributed by atoms with Gasteiger partial charge in [0.1, 0.15) is 12.2 Å². The first kappa shape index (κ1) is 14.9. The second-order valence-corrected chi connectivity index (χ2v) is 7.17. The third-order valence-corrected chi connectivity index (χ3v) is 5.57. The van der Waals surface area contributed by atoms with Crippen LogP contribution in [0.1, 0.15) is 55.1 Å². The molecule has 0 saturated carbocycles. The molecule has 128 valence electrons. The Morgan fingerprint density at radius 2 is 1.96 bits per heavy atom. The Morgan fingerprint density at radius 1 is 1.00 bits per heavy atom. The van der Waals surface area contributed by atoms with Crippen LogP contribution in [-0.2, 0) is 19.4 Å². The minimum atomic E-state index is 0.310. The number of fused-ring (bicyclic) bond motifs is 4. The molecule has 0 amide bonds. The van der Waals surface area contributed by atoms with E-state index in [-0.39, 0.29) is 0 Å². The summed E-state index contributed by atoms with van der Waals surface area (Å²) in [5.74, 6) is 2.05. The first-order valence-corrected chi connectivity index (χ1v) is 9.44. The van der Waals surface area contributed by atoms with Crippen molar-refractivity contribution < 1.29 is 0 Å². The van der Waals surface area contributed by atoms with Crippen molar-refractivity contribution in [1.82, 2.24) is 19.5 Å². The van der Waals surface area contributed by atoms with E-state index in [0.717, 1.165) is 36.4 Å². The lowest BCUT2D eigenvalue weighted by Crippen LogP contribution is -2.18. The average molecular weight is 333 g/mol. The van der Waals surface area contributed by atoms with Crippen molar-refractivity contribution in [2.75, 3.05) is 5.32 Å². The highest BCUT2D eigenvalue weighted by Crippen LogP contribution is 2.33. The van der Waals surface area contributed by atoms with Crippen LogP contribution < -0.4 is 5.32 Å². The molecule has 25 heavy (non-hydrogen) atoms. The van der Waals surface area contributed by atoms with Crippen molar-refractivity contribution >= 4 is 17.0 Å². The highest BCUT2D eigenvalue weighted by Gasteiger charge is 2.23. The first-order chi connectivity index (χ1) is 12.4. The quantitative estimate of drug-likeness (QED) is 0.769. The first-order valence-electron chi connectivity index (χ1n) is 9.44. The highest BCUT2D eigenvalue weighted by molar-refractivity contribution is 5.83. The van der Waals surface area contributed by atoms with Crippen LogP contribution in [0.15, 0.2) is 30.6 Å². The van der Waals surface area contributed by atoms with E-state index in [1.54, 1.807) is 6.33 Å². The number of hydrogen-bond donors (Lipinski definition) is 1. The van der Waals surface area contributed by atoms with Gasteiger partial charge in [-0.15, -0.1) is 0 Å². The predicted octanol–water partition coefficient (Wildman–Crippen LogP) is 4.04. The molecular weight excluding hydrogens is 310 g/mol. The molecule has 1 N–H and O–H groups in total. The lowest BCUT2D eigenvalue weighted by molar-refractivity contribution is 0.599. The van der Waals surface area contributed by atoms with E-state index in [2.05, 4.69) is 44.1 Å². The maximum absolute atomic E-state index is 4.91. The van der Waals surface area contributed by atoms with E-state index >= 15 is 0 Å². The lowest BCUT2D eigenvalue weighted by Gasteiger charge is -2.26. The monoisotopic (exact) mass is 333 g/mol. The molecule has 3 heterocycles. The average Bonchev–Trinajstić information content (AvgIpc) is 2.84. The van der Waals surface area contributed by atoms with Gasteiger partial charge in [-0.05, 0) is 43.2 Å². The third kappa shape index (κ3) is 2.58. The van der Waals surface area contributed by atoms with Gasteiger partial charge in [-0.25, -0.2) is 15.0 Å². The Bertz CT molecular complexity index is 914. The minimum absolute atomic E-state index is 0.310. The fraction of sp³-hybridized carbons (Fsp3) is 0.450. The largest absolute Gasteiger partial charge is 0.361 e. The molecule has 1 aliphatic carbocycles. The number of benzene rings is 1. The summed E-state index contributed by atoms with van der Waals surface area (Å²) in [6, 6.07) is 9.07. The Kier molecular flexibility index (Phi) is 3.65. The van der Waals surface area contributed by atoms with Crippen molar-refractivity contribution in [3.8, 4) is 0 Å². The maximum Gasteiger partial charge on any atom is 0.165 e. The highest BCUT2D eigenvalue weighted by atomic mass is 15.2. The molecule has 0 fully saturated rings. The van der Waals surface area contributed by atoms with Gasteiger partial charge in [0.2, 0.25) is 0 Å². The molecule has 1 aliphatic heterocycles. The standard InChI is InChI=1S/C20H23N5/c1-2-11-17-24-18-19(21-13-22-20(18)25(17)12-5-1)23-16-10-6-8-14-7-3-4-9-15(14)16/h3-4,7,9,13,16H,1-2,5-6,8,10-12H2,(H,21,22,23). The fourth-order valence-electron chi connectivity index (χ4n) is 4.31. The summed E-state index contributed by atoms with van der Waals surface area (Å²) in [4.78, 5) is 14.0. The van der Waals surface area contributed by atoms with Gasteiger partial charge in [0.25, 0.3) is 0 Å². The number of hydrogen-bond acceptors (Lipinski definition) is 4. The van der Waals surface area contributed by atoms with E-state index in [1.165, 1.54) is 49.1 Å².